The number of hydrogen-bond acceptors (Lipinski definition) is 2. The van der Waals surface area contributed by atoms with Gasteiger partial charge in [-0.2, -0.15) is 0 Å². The molecule has 0 atom stereocenters. The van der Waals surface area contributed by atoms with Crippen LogP contribution in [0.2, 0.25) is 15.1 Å². The van der Waals surface area contributed by atoms with Crippen LogP contribution >= 0.6 is 34.8 Å². The summed E-state index contributed by atoms with van der Waals surface area (Å²) in [4.78, 5) is 0. The second-order valence-electron chi connectivity index (χ2n) is 2.23. The van der Waals surface area contributed by atoms with Gasteiger partial charge in [-0.15, -0.1) is 0 Å². The number of nitrogens with zero attached hydrogens (tertiary/aromatic N) is 1. The molecule has 3 nitrogen and oxygen atoms in total. The van der Waals surface area contributed by atoms with Crippen LogP contribution in [0.15, 0.2) is 17.3 Å². The SMILES string of the molecule is NC(=NO)c1c(Cl)cc(Cl)cc1Cl. The molecule has 0 heterocycles. The molecule has 0 saturated carbocycles. The molecule has 0 aliphatic carbocycles. The van der Waals surface area contributed by atoms with E-state index in [0.29, 0.717) is 5.02 Å². The van der Waals surface area contributed by atoms with E-state index < -0.39 is 0 Å². The maximum atomic E-state index is 8.42. The number of halogens is 3. The quantitative estimate of drug-likeness (QED) is 0.343. The molecule has 13 heavy (non-hydrogen) atoms. The first-order chi connectivity index (χ1) is 6.06. The predicted molar refractivity (Wildman–Crippen MR) is 54.0 cm³/mol. The van der Waals surface area contributed by atoms with Gasteiger partial charge < -0.3 is 10.9 Å². The summed E-state index contributed by atoms with van der Waals surface area (Å²) >= 11 is 17.2. The molecule has 0 saturated heterocycles. The van der Waals surface area contributed by atoms with Gasteiger partial charge >= 0.3 is 0 Å². The van der Waals surface area contributed by atoms with Crippen LogP contribution < -0.4 is 5.73 Å². The average molecular weight is 239 g/mol. The largest absolute Gasteiger partial charge is 0.409 e. The third-order valence-corrected chi connectivity index (χ3v) is 2.19. The van der Waals surface area contributed by atoms with Crippen LogP contribution in [-0.4, -0.2) is 11.0 Å². The molecule has 3 N–H and O–H groups in total. The topological polar surface area (TPSA) is 58.6 Å². The first-order valence-electron chi connectivity index (χ1n) is 3.18. The van der Waals surface area contributed by atoms with Gasteiger partial charge in [0.25, 0.3) is 0 Å². The van der Waals surface area contributed by atoms with Crippen LogP contribution in [0.1, 0.15) is 5.56 Å². The molecule has 0 fully saturated rings. The van der Waals surface area contributed by atoms with Crippen LogP contribution in [0.4, 0.5) is 0 Å². The third-order valence-electron chi connectivity index (χ3n) is 1.37. The van der Waals surface area contributed by atoms with Gasteiger partial charge in [0.2, 0.25) is 0 Å². The molecule has 0 bridgehead atoms. The van der Waals surface area contributed by atoms with E-state index in [4.69, 9.17) is 45.7 Å². The maximum absolute atomic E-state index is 8.42. The second kappa shape index (κ2) is 4.05. The van der Waals surface area contributed by atoms with Crippen molar-refractivity contribution in [2.45, 2.75) is 0 Å². The van der Waals surface area contributed by atoms with Gasteiger partial charge in [0, 0.05) is 5.02 Å². The van der Waals surface area contributed by atoms with E-state index in [1.807, 2.05) is 0 Å². The molecule has 0 amide bonds. The van der Waals surface area contributed by atoms with Gasteiger partial charge in [-0.3, -0.25) is 0 Å². The van der Waals surface area contributed by atoms with Gasteiger partial charge in [-0.1, -0.05) is 40.0 Å². The van der Waals surface area contributed by atoms with Crippen molar-refractivity contribution in [2.24, 2.45) is 10.9 Å². The molecule has 0 radical (unpaired) electrons. The first-order valence-corrected chi connectivity index (χ1v) is 4.32. The van der Waals surface area contributed by atoms with Crippen molar-refractivity contribution in [2.75, 3.05) is 0 Å². The Morgan fingerprint density at radius 1 is 1.23 bits per heavy atom. The minimum atomic E-state index is -0.147. The van der Waals surface area contributed by atoms with Crippen molar-refractivity contribution in [3.63, 3.8) is 0 Å². The van der Waals surface area contributed by atoms with Crippen molar-refractivity contribution < 1.29 is 5.21 Å². The smallest absolute Gasteiger partial charge is 0.173 e. The molecule has 1 aromatic rings. The fourth-order valence-electron chi connectivity index (χ4n) is 0.837. The van der Waals surface area contributed by atoms with E-state index in [-0.39, 0.29) is 21.4 Å². The van der Waals surface area contributed by atoms with Crippen molar-refractivity contribution in [3.8, 4) is 0 Å². The summed E-state index contributed by atoms with van der Waals surface area (Å²) in [6.07, 6.45) is 0. The molecule has 0 spiro atoms. The lowest BCUT2D eigenvalue weighted by Crippen LogP contribution is -2.14. The number of benzene rings is 1. The number of nitrogens with two attached hydrogens (primary N) is 1. The van der Waals surface area contributed by atoms with Crippen molar-refractivity contribution in [1.82, 2.24) is 0 Å². The van der Waals surface area contributed by atoms with Crippen LogP contribution in [0.3, 0.4) is 0 Å². The highest BCUT2D eigenvalue weighted by Gasteiger charge is 2.11. The summed E-state index contributed by atoms with van der Waals surface area (Å²) in [7, 11) is 0. The van der Waals surface area contributed by atoms with E-state index in [2.05, 4.69) is 5.16 Å². The van der Waals surface area contributed by atoms with E-state index in [0.717, 1.165) is 0 Å². The van der Waals surface area contributed by atoms with Crippen molar-refractivity contribution in [1.29, 1.82) is 0 Å². The Hall–Kier alpha value is -0.640. The number of hydrogen-bond donors (Lipinski definition) is 2. The molecule has 0 unspecified atom stereocenters. The fourth-order valence-corrected chi connectivity index (χ4v) is 1.85. The molecule has 0 aliphatic heterocycles. The zero-order chi connectivity index (χ0) is 10.0. The van der Waals surface area contributed by atoms with Gasteiger partial charge in [0.1, 0.15) is 0 Å². The molecule has 0 aliphatic rings. The van der Waals surface area contributed by atoms with Gasteiger partial charge in [0.15, 0.2) is 5.84 Å². The number of rotatable bonds is 1. The summed E-state index contributed by atoms with van der Waals surface area (Å²) in [5, 5.41) is 12.1. The summed E-state index contributed by atoms with van der Waals surface area (Å²) in [5.41, 5.74) is 5.61. The molecular weight excluding hydrogens is 234 g/mol. The highest BCUT2D eigenvalue weighted by molar-refractivity contribution is 6.42. The van der Waals surface area contributed by atoms with Crippen LogP contribution in [0, 0.1) is 0 Å². The first kappa shape index (κ1) is 10.4. The Morgan fingerprint density at radius 2 is 1.69 bits per heavy atom. The Bertz CT molecular complexity index is 342. The van der Waals surface area contributed by atoms with Gasteiger partial charge in [-0.25, -0.2) is 0 Å². The predicted octanol–water partition coefficient (Wildman–Crippen LogP) is 2.74. The average Bonchev–Trinajstić information content (AvgIpc) is 2.02. The monoisotopic (exact) mass is 238 g/mol. The summed E-state index contributed by atoms with van der Waals surface area (Å²) < 4.78 is 0. The second-order valence-corrected chi connectivity index (χ2v) is 3.48. The third kappa shape index (κ3) is 2.18. The van der Waals surface area contributed by atoms with Crippen LogP contribution in [-0.2, 0) is 0 Å². The van der Waals surface area contributed by atoms with Gasteiger partial charge in [-0.05, 0) is 12.1 Å². The molecule has 0 aromatic heterocycles. The molecule has 70 valence electrons. The summed E-state index contributed by atoms with van der Waals surface area (Å²) in [6.45, 7) is 0. The van der Waals surface area contributed by atoms with Crippen molar-refractivity contribution in [3.05, 3.63) is 32.8 Å². The minimum absolute atomic E-state index is 0.147. The molecule has 6 heteroatoms. The fraction of sp³-hybridized carbons (Fsp3) is 0. The lowest BCUT2D eigenvalue weighted by Gasteiger charge is -2.04. The lowest BCUT2D eigenvalue weighted by atomic mass is 10.2. The maximum Gasteiger partial charge on any atom is 0.173 e. The molecule has 1 rings (SSSR count). The van der Waals surface area contributed by atoms with Gasteiger partial charge in [0.05, 0.1) is 15.6 Å². The minimum Gasteiger partial charge on any atom is -0.409 e. The normalized spacial score (nSPS) is 11.8. The van der Waals surface area contributed by atoms with E-state index in [9.17, 15) is 0 Å². The Labute approximate surface area is 89.7 Å². The molecular formula is C7H5Cl3N2O. The van der Waals surface area contributed by atoms with Crippen LogP contribution in [0.25, 0.3) is 0 Å². The summed E-state index contributed by atoms with van der Waals surface area (Å²) in [5.74, 6) is -0.147. The number of oxime groups is 1. The van der Waals surface area contributed by atoms with Crippen molar-refractivity contribution >= 4 is 40.6 Å². The molecule has 1 aromatic carbocycles. The zero-order valence-corrected chi connectivity index (χ0v) is 8.53. The standard InChI is InChI=1S/C7H5Cl3N2O/c8-3-1-4(9)6(5(10)2-3)7(11)12-13/h1-2,13H,(H2,11,12). The van der Waals surface area contributed by atoms with Crippen LogP contribution in [0.5, 0.6) is 0 Å². The summed E-state index contributed by atoms with van der Waals surface area (Å²) in [6, 6.07) is 2.92. The van der Waals surface area contributed by atoms with E-state index >= 15 is 0 Å². The lowest BCUT2D eigenvalue weighted by molar-refractivity contribution is 0.318. The highest BCUT2D eigenvalue weighted by atomic mass is 35.5. The Balaban J connectivity index is 3.37. The number of amidine groups is 1. The Kier molecular flexibility index (Phi) is 3.25. The zero-order valence-electron chi connectivity index (χ0n) is 6.26. The van der Waals surface area contributed by atoms with E-state index in [1.54, 1.807) is 0 Å². The van der Waals surface area contributed by atoms with E-state index in [1.165, 1.54) is 12.1 Å². The Morgan fingerprint density at radius 3 is 2.08 bits per heavy atom. The highest BCUT2D eigenvalue weighted by Crippen LogP contribution is 2.28.